The van der Waals surface area contributed by atoms with E-state index in [2.05, 4.69) is 15.9 Å². The highest BCUT2D eigenvalue weighted by Crippen LogP contribution is 2.19. The number of nitriles is 1. The van der Waals surface area contributed by atoms with E-state index in [1.54, 1.807) is 24.3 Å². The predicted molar refractivity (Wildman–Crippen MR) is 74.4 cm³/mol. The molecule has 100 valence electrons. The highest BCUT2D eigenvalue weighted by atomic mass is 79.9. The van der Waals surface area contributed by atoms with Crippen molar-refractivity contribution in [3.8, 4) is 6.07 Å². The van der Waals surface area contributed by atoms with Crippen LogP contribution in [0.4, 0.5) is 4.39 Å². The van der Waals surface area contributed by atoms with Gasteiger partial charge in [0.1, 0.15) is 12.4 Å². The molecule has 0 radical (unpaired) electrons. The van der Waals surface area contributed by atoms with Gasteiger partial charge in [-0.1, -0.05) is 18.2 Å². The zero-order chi connectivity index (χ0) is 14.5. The van der Waals surface area contributed by atoms with Crippen LogP contribution in [0.1, 0.15) is 21.5 Å². The fourth-order valence-electron chi connectivity index (χ4n) is 1.63. The summed E-state index contributed by atoms with van der Waals surface area (Å²) < 4.78 is 18.7. The Morgan fingerprint density at radius 3 is 2.80 bits per heavy atom. The van der Waals surface area contributed by atoms with E-state index < -0.39 is 11.8 Å². The van der Waals surface area contributed by atoms with Gasteiger partial charge in [-0.2, -0.15) is 5.26 Å². The minimum Gasteiger partial charge on any atom is -0.457 e. The highest BCUT2D eigenvalue weighted by molar-refractivity contribution is 9.10. The molecule has 0 bridgehead atoms. The largest absolute Gasteiger partial charge is 0.457 e. The summed E-state index contributed by atoms with van der Waals surface area (Å²) in [4.78, 5) is 11.9. The molecule has 0 unspecified atom stereocenters. The summed E-state index contributed by atoms with van der Waals surface area (Å²) in [6.07, 6.45) is 0. The van der Waals surface area contributed by atoms with Crippen molar-refractivity contribution in [2.45, 2.75) is 6.61 Å². The molecular weight excluding hydrogens is 325 g/mol. The van der Waals surface area contributed by atoms with Crippen LogP contribution < -0.4 is 0 Å². The second-order valence-electron chi connectivity index (χ2n) is 3.97. The third kappa shape index (κ3) is 3.22. The highest BCUT2D eigenvalue weighted by Gasteiger charge is 2.13. The van der Waals surface area contributed by atoms with Crippen molar-refractivity contribution < 1.29 is 13.9 Å². The first kappa shape index (κ1) is 14.2. The maximum atomic E-state index is 13.1. The zero-order valence-electron chi connectivity index (χ0n) is 10.3. The van der Waals surface area contributed by atoms with Crippen molar-refractivity contribution in [1.82, 2.24) is 0 Å². The standard InChI is InChI=1S/C15H9BrFNO2/c16-14-6-5-12(17)7-13(14)15(19)20-9-11-4-2-1-3-10(11)8-18/h1-7H,9H2. The number of carbonyl (C=O) groups excluding carboxylic acids is 1. The first-order chi connectivity index (χ1) is 9.61. The first-order valence-electron chi connectivity index (χ1n) is 5.72. The topological polar surface area (TPSA) is 50.1 Å². The van der Waals surface area contributed by atoms with Crippen LogP contribution in [0.5, 0.6) is 0 Å². The van der Waals surface area contributed by atoms with Crippen molar-refractivity contribution >= 4 is 21.9 Å². The number of hydrogen-bond acceptors (Lipinski definition) is 3. The van der Waals surface area contributed by atoms with Crippen molar-refractivity contribution in [3.63, 3.8) is 0 Å². The van der Waals surface area contributed by atoms with Crippen molar-refractivity contribution in [2.24, 2.45) is 0 Å². The van der Waals surface area contributed by atoms with Crippen LogP contribution in [0.25, 0.3) is 0 Å². The Hall–Kier alpha value is -2.19. The Balaban J connectivity index is 2.13. The number of carbonyl (C=O) groups is 1. The monoisotopic (exact) mass is 333 g/mol. The number of benzene rings is 2. The average molecular weight is 334 g/mol. The van der Waals surface area contributed by atoms with E-state index in [0.717, 1.165) is 6.07 Å². The summed E-state index contributed by atoms with van der Waals surface area (Å²) in [5, 5.41) is 8.93. The SMILES string of the molecule is N#Cc1ccccc1COC(=O)c1cc(F)ccc1Br. The maximum absolute atomic E-state index is 13.1. The maximum Gasteiger partial charge on any atom is 0.339 e. The summed E-state index contributed by atoms with van der Waals surface area (Å²) in [7, 11) is 0. The van der Waals surface area contributed by atoms with Crippen LogP contribution >= 0.6 is 15.9 Å². The second-order valence-corrected chi connectivity index (χ2v) is 4.82. The molecule has 0 amide bonds. The van der Waals surface area contributed by atoms with E-state index in [-0.39, 0.29) is 12.2 Å². The molecule has 0 saturated carbocycles. The number of ether oxygens (including phenoxy) is 1. The van der Waals surface area contributed by atoms with E-state index in [9.17, 15) is 9.18 Å². The Kier molecular flexibility index (Phi) is 4.49. The minimum atomic E-state index is -0.649. The van der Waals surface area contributed by atoms with Gasteiger partial charge in [-0.3, -0.25) is 0 Å². The predicted octanol–water partition coefficient (Wildman–Crippen LogP) is 3.82. The second kappa shape index (κ2) is 6.31. The molecule has 0 atom stereocenters. The smallest absolute Gasteiger partial charge is 0.339 e. The number of rotatable bonds is 3. The molecule has 2 aromatic rings. The van der Waals surface area contributed by atoms with Gasteiger partial charge in [0.15, 0.2) is 0 Å². The molecule has 2 rings (SSSR count). The summed E-state index contributed by atoms with van der Waals surface area (Å²) in [6.45, 7) is -0.0362. The van der Waals surface area contributed by atoms with Crippen LogP contribution in [0.15, 0.2) is 46.9 Å². The zero-order valence-corrected chi connectivity index (χ0v) is 11.9. The molecule has 3 nitrogen and oxygen atoms in total. The van der Waals surface area contributed by atoms with Gasteiger partial charge in [0.2, 0.25) is 0 Å². The number of esters is 1. The molecular formula is C15H9BrFNO2. The van der Waals surface area contributed by atoms with Gasteiger partial charge < -0.3 is 4.74 Å². The number of nitrogens with zero attached hydrogens (tertiary/aromatic N) is 1. The fourth-order valence-corrected chi connectivity index (χ4v) is 2.04. The molecule has 0 aliphatic heterocycles. The lowest BCUT2D eigenvalue weighted by atomic mass is 10.1. The molecule has 0 saturated heterocycles. The minimum absolute atomic E-state index is 0.0362. The van der Waals surface area contributed by atoms with Crippen molar-refractivity contribution in [3.05, 3.63) is 69.4 Å². The van der Waals surface area contributed by atoms with Crippen molar-refractivity contribution in [2.75, 3.05) is 0 Å². The Bertz CT molecular complexity index is 695. The lowest BCUT2D eigenvalue weighted by Gasteiger charge is -2.07. The van der Waals surface area contributed by atoms with E-state index in [4.69, 9.17) is 10.00 Å². The Morgan fingerprint density at radius 1 is 1.30 bits per heavy atom. The van der Waals surface area contributed by atoms with Gasteiger partial charge in [0, 0.05) is 10.0 Å². The van der Waals surface area contributed by atoms with Gasteiger partial charge in [-0.15, -0.1) is 0 Å². The molecule has 0 fully saturated rings. The third-order valence-corrected chi connectivity index (χ3v) is 3.34. The lowest BCUT2D eigenvalue weighted by Crippen LogP contribution is -2.07. The molecule has 0 spiro atoms. The molecule has 0 N–H and O–H groups in total. The van der Waals surface area contributed by atoms with E-state index in [1.807, 2.05) is 6.07 Å². The average Bonchev–Trinajstić information content (AvgIpc) is 2.47. The quantitative estimate of drug-likeness (QED) is 0.802. The van der Waals surface area contributed by atoms with Crippen LogP contribution in [0, 0.1) is 17.1 Å². The molecule has 0 aliphatic carbocycles. The summed E-state index contributed by atoms with van der Waals surface area (Å²) in [5.74, 6) is -1.17. The van der Waals surface area contributed by atoms with Gasteiger partial charge >= 0.3 is 5.97 Å². The van der Waals surface area contributed by atoms with E-state index >= 15 is 0 Å². The molecule has 0 heterocycles. The van der Waals surface area contributed by atoms with Crippen LogP contribution in [-0.2, 0) is 11.3 Å². The molecule has 0 aliphatic rings. The van der Waals surface area contributed by atoms with Crippen LogP contribution in [0.3, 0.4) is 0 Å². The summed E-state index contributed by atoms with van der Waals surface area (Å²) in [6, 6.07) is 12.6. The summed E-state index contributed by atoms with van der Waals surface area (Å²) in [5.41, 5.74) is 1.16. The first-order valence-corrected chi connectivity index (χ1v) is 6.51. The number of halogens is 2. The van der Waals surface area contributed by atoms with Crippen LogP contribution in [0.2, 0.25) is 0 Å². The third-order valence-electron chi connectivity index (χ3n) is 2.64. The van der Waals surface area contributed by atoms with Crippen LogP contribution in [-0.4, -0.2) is 5.97 Å². The molecule has 2 aromatic carbocycles. The summed E-state index contributed by atoms with van der Waals surface area (Å²) >= 11 is 3.17. The lowest BCUT2D eigenvalue weighted by molar-refractivity contribution is 0.0471. The Morgan fingerprint density at radius 2 is 2.05 bits per heavy atom. The van der Waals surface area contributed by atoms with Gasteiger partial charge in [0.25, 0.3) is 0 Å². The molecule has 5 heteroatoms. The molecule has 20 heavy (non-hydrogen) atoms. The Labute approximate surface area is 123 Å². The fraction of sp³-hybridized carbons (Fsp3) is 0.0667. The number of hydrogen-bond donors (Lipinski definition) is 0. The van der Waals surface area contributed by atoms with E-state index in [0.29, 0.717) is 15.6 Å². The normalized spacial score (nSPS) is 9.85. The van der Waals surface area contributed by atoms with Gasteiger partial charge in [-0.05, 0) is 40.2 Å². The van der Waals surface area contributed by atoms with Crippen molar-refractivity contribution in [1.29, 1.82) is 5.26 Å². The van der Waals surface area contributed by atoms with E-state index in [1.165, 1.54) is 12.1 Å². The van der Waals surface area contributed by atoms with Gasteiger partial charge in [-0.25, -0.2) is 9.18 Å². The molecule has 0 aromatic heterocycles. The van der Waals surface area contributed by atoms with Gasteiger partial charge in [0.05, 0.1) is 17.2 Å².